The van der Waals surface area contributed by atoms with Gasteiger partial charge in [-0.05, 0) is 47.5 Å². The monoisotopic (exact) mass is 291 g/mol. The summed E-state index contributed by atoms with van der Waals surface area (Å²) in [6, 6.07) is 3.92. The van der Waals surface area contributed by atoms with Crippen LogP contribution < -0.4 is 5.32 Å². The topological polar surface area (TPSA) is 21.3 Å². The van der Waals surface area contributed by atoms with Crippen molar-refractivity contribution >= 4 is 33.2 Å². The lowest BCUT2D eigenvalue weighted by Crippen LogP contribution is -2.18. The molecule has 1 aromatic carbocycles. The summed E-state index contributed by atoms with van der Waals surface area (Å²) < 4.78 is 6.18. The molecule has 84 valence electrons. The molecule has 4 heteroatoms. The van der Waals surface area contributed by atoms with Gasteiger partial charge in [0.15, 0.2) is 0 Å². The van der Waals surface area contributed by atoms with Crippen molar-refractivity contribution in [3.05, 3.63) is 27.2 Å². The first kappa shape index (κ1) is 12.8. The van der Waals surface area contributed by atoms with E-state index in [1.165, 1.54) is 0 Å². The minimum absolute atomic E-state index is 0.178. The average molecular weight is 293 g/mol. The van der Waals surface area contributed by atoms with E-state index in [-0.39, 0.29) is 6.10 Å². The molecule has 0 heterocycles. The number of halogens is 2. The highest BCUT2D eigenvalue weighted by Gasteiger charge is 2.05. The molecule has 1 atom stereocenters. The summed E-state index contributed by atoms with van der Waals surface area (Å²) in [6.07, 6.45) is 0.178. The average Bonchev–Trinajstić information content (AvgIpc) is 2.21. The summed E-state index contributed by atoms with van der Waals surface area (Å²) in [6.45, 7) is 4.75. The van der Waals surface area contributed by atoms with E-state index in [0.29, 0.717) is 0 Å². The van der Waals surface area contributed by atoms with Gasteiger partial charge in [-0.25, -0.2) is 0 Å². The van der Waals surface area contributed by atoms with Crippen molar-refractivity contribution in [2.75, 3.05) is 19.0 Å². The normalized spacial score (nSPS) is 12.6. The van der Waals surface area contributed by atoms with E-state index in [1.807, 2.05) is 26.0 Å². The van der Waals surface area contributed by atoms with E-state index in [0.717, 1.165) is 27.3 Å². The zero-order valence-corrected chi connectivity index (χ0v) is 11.4. The van der Waals surface area contributed by atoms with Crippen LogP contribution in [0.5, 0.6) is 0 Å². The van der Waals surface area contributed by atoms with E-state index >= 15 is 0 Å². The molecule has 1 N–H and O–H groups in total. The van der Waals surface area contributed by atoms with Crippen LogP contribution in [0.15, 0.2) is 16.6 Å². The lowest BCUT2D eigenvalue weighted by Gasteiger charge is -2.14. The molecule has 1 aromatic rings. The molecule has 1 unspecified atom stereocenters. The van der Waals surface area contributed by atoms with Crippen molar-refractivity contribution in [3.8, 4) is 0 Å². The summed E-state index contributed by atoms with van der Waals surface area (Å²) in [7, 11) is 1.70. The van der Waals surface area contributed by atoms with Crippen LogP contribution in [0.25, 0.3) is 0 Å². The molecule has 0 aliphatic rings. The summed E-state index contributed by atoms with van der Waals surface area (Å²) >= 11 is 9.53. The number of hydrogen-bond donors (Lipinski definition) is 1. The van der Waals surface area contributed by atoms with Crippen LogP contribution in [0.1, 0.15) is 12.5 Å². The molecular formula is C11H15BrClNO. The molecule has 1 rings (SSSR count). The van der Waals surface area contributed by atoms with Gasteiger partial charge in [-0.1, -0.05) is 11.6 Å². The molecule has 2 nitrogen and oxygen atoms in total. The number of rotatable bonds is 4. The molecule has 15 heavy (non-hydrogen) atoms. The Morgan fingerprint density at radius 3 is 2.80 bits per heavy atom. The van der Waals surface area contributed by atoms with E-state index < -0.39 is 0 Å². The maximum atomic E-state index is 6.04. The van der Waals surface area contributed by atoms with Gasteiger partial charge in [0.25, 0.3) is 0 Å². The van der Waals surface area contributed by atoms with E-state index in [2.05, 4.69) is 21.2 Å². The Hall–Kier alpha value is -0.250. The summed E-state index contributed by atoms with van der Waals surface area (Å²) in [5.74, 6) is 0. The summed E-state index contributed by atoms with van der Waals surface area (Å²) in [5.41, 5.74) is 2.06. The van der Waals surface area contributed by atoms with Crippen LogP contribution in [-0.2, 0) is 4.74 Å². The van der Waals surface area contributed by atoms with E-state index in [1.54, 1.807) is 7.11 Å². The lowest BCUT2D eigenvalue weighted by atomic mass is 10.2. The summed E-state index contributed by atoms with van der Waals surface area (Å²) in [4.78, 5) is 0. The van der Waals surface area contributed by atoms with Crippen LogP contribution in [0.2, 0.25) is 5.02 Å². The fourth-order valence-electron chi connectivity index (χ4n) is 1.12. The largest absolute Gasteiger partial charge is 0.381 e. The second-order valence-electron chi connectivity index (χ2n) is 3.51. The smallest absolute Gasteiger partial charge is 0.0715 e. The van der Waals surface area contributed by atoms with Crippen LogP contribution in [0, 0.1) is 6.92 Å². The van der Waals surface area contributed by atoms with Gasteiger partial charge in [-0.2, -0.15) is 0 Å². The SMILES string of the molecule is COC(C)CNc1cc(Cl)c(C)cc1Br. The fraction of sp³-hybridized carbons (Fsp3) is 0.455. The first-order chi connectivity index (χ1) is 7.04. The molecule has 0 radical (unpaired) electrons. The maximum absolute atomic E-state index is 6.04. The Morgan fingerprint density at radius 1 is 1.53 bits per heavy atom. The first-order valence-corrected chi connectivity index (χ1v) is 5.94. The Labute approximate surface area is 104 Å². The number of aryl methyl sites for hydroxylation is 1. The fourth-order valence-corrected chi connectivity index (χ4v) is 1.88. The quantitative estimate of drug-likeness (QED) is 0.910. The van der Waals surface area contributed by atoms with Gasteiger partial charge in [0.2, 0.25) is 0 Å². The molecule has 0 aliphatic carbocycles. The van der Waals surface area contributed by atoms with Gasteiger partial charge in [0, 0.05) is 23.1 Å². The second kappa shape index (κ2) is 5.73. The van der Waals surface area contributed by atoms with Gasteiger partial charge in [-0.3, -0.25) is 0 Å². The van der Waals surface area contributed by atoms with Crippen LogP contribution >= 0.6 is 27.5 Å². The third kappa shape index (κ3) is 3.67. The molecule has 0 spiro atoms. The highest BCUT2D eigenvalue weighted by atomic mass is 79.9. The highest BCUT2D eigenvalue weighted by Crippen LogP contribution is 2.29. The Bertz CT molecular complexity index is 344. The number of benzene rings is 1. The van der Waals surface area contributed by atoms with Gasteiger partial charge < -0.3 is 10.1 Å². The summed E-state index contributed by atoms with van der Waals surface area (Å²) in [5, 5.41) is 4.04. The van der Waals surface area contributed by atoms with E-state index in [9.17, 15) is 0 Å². The van der Waals surface area contributed by atoms with Crippen molar-refractivity contribution in [1.29, 1.82) is 0 Å². The number of hydrogen-bond acceptors (Lipinski definition) is 2. The highest BCUT2D eigenvalue weighted by molar-refractivity contribution is 9.10. The minimum Gasteiger partial charge on any atom is -0.381 e. The molecule has 0 bridgehead atoms. The van der Waals surface area contributed by atoms with Crippen LogP contribution in [0.4, 0.5) is 5.69 Å². The van der Waals surface area contributed by atoms with Crippen LogP contribution in [-0.4, -0.2) is 19.8 Å². The lowest BCUT2D eigenvalue weighted by molar-refractivity contribution is 0.129. The molecule has 0 aromatic heterocycles. The zero-order valence-electron chi connectivity index (χ0n) is 9.10. The number of methoxy groups -OCH3 is 1. The number of ether oxygens (including phenoxy) is 1. The van der Waals surface area contributed by atoms with Crippen molar-refractivity contribution in [3.63, 3.8) is 0 Å². The predicted molar refractivity (Wildman–Crippen MR) is 68.8 cm³/mol. The molecular weight excluding hydrogens is 277 g/mol. The zero-order chi connectivity index (χ0) is 11.4. The van der Waals surface area contributed by atoms with Crippen molar-refractivity contribution < 1.29 is 4.74 Å². The van der Waals surface area contributed by atoms with Crippen molar-refractivity contribution in [2.24, 2.45) is 0 Å². The van der Waals surface area contributed by atoms with Gasteiger partial charge in [-0.15, -0.1) is 0 Å². The van der Waals surface area contributed by atoms with Crippen molar-refractivity contribution in [1.82, 2.24) is 0 Å². The Kier molecular flexibility index (Phi) is 4.90. The molecule has 0 aliphatic heterocycles. The van der Waals surface area contributed by atoms with Crippen LogP contribution in [0.3, 0.4) is 0 Å². The van der Waals surface area contributed by atoms with E-state index in [4.69, 9.17) is 16.3 Å². The Balaban J connectivity index is 2.73. The predicted octanol–water partition coefficient (Wildman–Crippen LogP) is 3.86. The van der Waals surface area contributed by atoms with Gasteiger partial charge >= 0.3 is 0 Å². The molecule has 0 fully saturated rings. The number of nitrogens with one attached hydrogen (secondary N) is 1. The molecule has 0 amide bonds. The third-order valence-corrected chi connectivity index (χ3v) is 3.29. The standard InChI is InChI=1S/C11H15BrClNO/c1-7-4-9(12)11(5-10(7)13)14-6-8(2)15-3/h4-5,8,14H,6H2,1-3H3. The second-order valence-corrected chi connectivity index (χ2v) is 4.77. The minimum atomic E-state index is 0.178. The number of anilines is 1. The molecule has 0 saturated heterocycles. The van der Waals surface area contributed by atoms with Gasteiger partial charge in [0.1, 0.15) is 0 Å². The van der Waals surface area contributed by atoms with Gasteiger partial charge in [0.05, 0.1) is 11.8 Å². The first-order valence-electron chi connectivity index (χ1n) is 4.77. The maximum Gasteiger partial charge on any atom is 0.0715 e. The Morgan fingerprint density at radius 2 is 2.20 bits per heavy atom. The molecule has 0 saturated carbocycles. The van der Waals surface area contributed by atoms with Crippen molar-refractivity contribution in [2.45, 2.75) is 20.0 Å². The third-order valence-electron chi connectivity index (χ3n) is 2.23.